The number of nitro groups is 1. The van der Waals surface area contributed by atoms with Crippen LogP contribution in [0.1, 0.15) is 5.69 Å². The first-order valence-electron chi connectivity index (χ1n) is 7.97. The molecule has 0 bridgehead atoms. The van der Waals surface area contributed by atoms with Gasteiger partial charge in [-0.2, -0.15) is 13.2 Å². The van der Waals surface area contributed by atoms with Crippen molar-refractivity contribution in [2.75, 3.05) is 10.6 Å². The molecule has 29 heavy (non-hydrogen) atoms. The van der Waals surface area contributed by atoms with E-state index in [4.69, 9.17) is 0 Å². The molecule has 0 saturated heterocycles. The fraction of sp³-hybridized carbons (Fsp3) is 0.118. The number of non-ortho nitro benzene ring substituents is 1. The normalized spacial score (nSPS) is 11.2. The number of nitro benzene ring substituents is 1. The van der Waals surface area contributed by atoms with Crippen molar-refractivity contribution in [2.45, 2.75) is 13.1 Å². The average molecular weight is 423 g/mol. The molecule has 0 saturated carbocycles. The maximum Gasteiger partial charge on any atom is 0.471 e. The van der Waals surface area contributed by atoms with Gasteiger partial charge in [0.1, 0.15) is 5.82 Å². The number of rotatable bonds is 5. The van der Waals surface area contributed by atoms with Crippen LogP contribution in [0.25, 0.3) is 10.4 Å². The summed E-state index contributed by atoms with van der Waals surface area (Å²) in [6.07, 6.45) is -3.53. The van der Waals surface area contributed by atoms with Crippen molar-refractivity contribution in [3.63, 3.8) is 0 Å². The Labute approximate surface area is 165 Å². The van der Waals surface area contributed by atoms with Gasteiger partial charge in [0.05, 0.1) is 15.5 Å². The number of hydrogen-bond acceptors (Lipinski definition) is 7. The molecule has 2 heterocycles. The molecule has 0 aliphatic heterocycles. The molecule has 0 unspecified atom stereocenters. The Bertz CT molecular complexity index is 1080. The number of hydrogen-bond donors (Lipinski definition) is 2. The Morgan fingerprint density at radius 2 is 2.00 bits per heavy atom. The smallest absolute Gasteiger partial charge is 0.340 e. The zero-order valence-electron chi connectivity index (χ0n) is 14.6. The van der Waals surface area contributed by atoms with Crippen molar-refractivity contribution < 1.29 is 22.9 Å². The van der Waals surface area contributed by atoms with E-state index in [1.807, 2.05) is 0 Å². The molecule has 150 valence electrons. The lowest BCUT2D eigenvalue weighted by atomic mass is 10.2. The topological polar surface area (TPSA) is 110 Å². The molecule has 8 nitrogen and oxygen atoms in total. The Kier molecular flexibility index (Phi) is 5.46. The van der Waals surface area contributed by atoms with E-state index in [1.165, 1.54) is 24.4 Å². The molecule has 0 spiro atoms. The van der Waals surface area contributed by atoms with Crippen molar-refractivity contribution in [3.8, 4) is 10.4 Å². The molecule has 0 radical (unpaired) electrons. The van der Waals surface area contributed by atoms with Crippen LogP contribution in [-0.2, 0) is 4.79 Å². The van der Waals surface area contributed by atoms with Crippen LogP contribution < -0.4 is 10.6 Å². The van der Waals surface area contributed by atoms with Gasteiger partial charge in [0.15, 0.2) is 5.13 Å². The quantitative estimate of drug-likeness (QED) is 0.456. The van der Waals surface area contributed by atoms with Crippen LogP contribution in [0, 0.1) is 17.0 Å². The Morgan fingerprint density at radius 3 is 2.69 bits per heavy atom. The second-order valence-corrected chi connectivity index (χ2v) is 6.75. The second kappa shape index (κ2) is 7.83. The molecule has 2 N–H and O–H groups in total. The summed E-state index contributed by atoms with van der Waals surface area (Å²) in [5.41, 5.74) is 1.40. The lowest BCUT2D eigenvalue weighted by Gasteiger charge is -2.07. The van der Waals surface area contributed by atoms with Gasteiger partial charge in [0, 0.05) is 24.0 Å². The fourth-order valence-corrected chi connectivity index (χ4v) is 3.33. The maximum atomic E-state index is 12.4. The van der Waals surface area contributed by atoms with E-state index < -0.39 is 17.0 Å². The number of pyridine rings is 1. The number of aromatic nitrogens is 2. The highest BCUT2D eigenvalue weighted by atomic mass is 32.1. The third-order valence-corrected chi connectivity index (χ3v) is 4.75. The standard InChI is InChI=1S/C17H12F3N5O3S/c1-9-14(29-16(22-9)24-15(26)17(18,19)20)10-5-6-21-13(7-10)23-11-3-2-4-12(8-11)25(27)28/h2-8H,1H3,(H,21,23)(H,22,24,26). The van der Waals surface area contributed by atoms with Gasteiger partial charge in [-0.15, -0.1) is 0 Å². The SMILES string of the molecule is Cc1nc(NC(=O)C(F)(F)F)sc1-c1ccnc(Nc2cccc([N+](=O)[O-])c2)c1. The summed E-state index contributed by atoms with van der Waals surface area (Å²) >= 11 is 0.890. The van der Waals surface area contributed by atoms with Crippen molar-refractivity contribution in [1.29, 1.82) is 0 Å². The number of nitrogens with zero attached hydrogens (tertiary/aromatic N) is 3. The lowest BCUT2D eigenvalue weighted by Crippen LogP contribution is -2.29. The molecule has 0 atom stereocenters. The minimum Gasteiger partial charge on any atom is -0.340 e. The van der Waals surface area contributed by atoms with Gasteiger partial charge >= 0.3 is 12.1 Å². The molecule has 1 aromatic carbocycles. The minimum absolute atomic E-state index is 0.0884. The highest BCUT2D eigenvalue weighted by Gasteiger charge is 2.39. The molecular formula is C17H12F3N5O3S. The van der Waals surface area contributed by atoms with Crippen molar-refractivity contribution >= 4 is 39.6 Å². The second-order valence-electron chi connectivity index (χ2n) is 5.75. The number of alkyl halides is 3. The summed E-state index contributed by atoms with van der Waals surface area (Å²) < 4.78 is 37.2. The van der Waals surface area contributed by atoms with E-state index in [0.717, 1.165) is 11.3 Å². The third-order valence-electron chi connectivity index (χ3n) is 3.63. The average Bonchev–Trinajstić information content (AvgIpc) is 3.01. The number of anilines is 3. The highest BCUT2D eigenvalue weighted by molar-refractivity contribution is 7.19. The predicted molar refractivity (Wildman–Crippen MR) is 101 cm³/mol. The van der Waals surface area contributed by atoms with Gasteiger partial charge in [-0.3, -0.25) is 20.2 Å². The monoisotopic (exact) mass is 423 g/mol. The molecule has 1 amide bonds. The van der Waals surface area contributed by atoms with Crippen LogP contribution in [0.15, 0.2) is 42.6 Å². The predicted octanol–water partition coefficient (Wildman–Crippen LogP) is 4.67. The van der Waals surface area contributed by atoms with Crippen LogP contribution in [0.4, 0.5) is 35.5 Å². The van der Waals surface area contributed by atoms with Gasteiger partial charge < -0.3 is 5.32 Å². The Morgan fingerprint density at radius 1 is 1.24 bits per heavy atom. The van der Waals surface area contributed by atoms with Crippen LogP contribution >= 0.6 is 11.3 Å². The maximum absolute atomic E-state index is 12.4. The van der Waals surface area contributed by atoms with Gasteiger partial charge in [0.2, 0.25) is 0 Å². The Hall–Kier alpha value is -3.54. The van der Waals surface area contributed by atoms with Gasteiger partial charge in [-0.05, 0) is 30.7 Å². The molecule has 2 aromatic heterocycles. The summed E-state index contributed by atoms with van der Waals surface area (Å²) in [5, 5.41) is 15.4. The molecule has 3 rings (SSSR count). The molecule has 3 aromatic rings. The highest BCUT2D eigenvalue weighted by Crippen LogP contribution is 2.34. The first-order valence-corrected chi connectivity index (χ1v) is 8.78. The number of amides is 1. The number of benzene rings is 1. The summed E-state index contributed by atoms with van der Waals surface area (Å²) in [4.78, 5) is 30.1. The summed E-state index contributed by atoms with van der Waals surface area (Å²) in [7, 11) is 0. The minimum atomic E-state index is -5.01. The molecular weight excluding hydrogens is 411 g/mol. The third kappa shape index (κ3) is 4.85. The van der Waals surface area contributed by atoms with E-state index in [-0.39, 0.29) is 10.8 Å². The van der Waals surface area contributed by atoms with Gasteiger partial charge in [-0.1, -0.05) is 17.4 Å². The van der Waals surface area contributed by atoms with Gasteiger partial charge in [-0.25, -0.2) is 9.97 Å². The molecule has 12 heteroatoms. The first kappa shape index (κ1) is 20.2. The zero-order chi connectivity index (χ0) is 21.2. The van der Waals surface area contributed by atoms with E-state index in [0.29, 0.717) is 27.6 Å². The number of aryl methyl sites for hydroxylation is 1. The van der Waals surface area contributed by atoms with Crippen molar-refractivity contribution in [2.24, 2.45) is 0 Å². The largest absolute Gasteiger partial charge is 0.471 e. The van der Waals surface area contributed by atoms with E-state index in [2.05, 4.69) is 15.3 Å². The number of carbonyl (C=O) groups excluding carboxylic acids is 1. The fourth-order valence-electron chi connectivity index (χ4n) is 2.37. The van der Waals surface area contributed by atoms with Crippen LogP contribution in [0.2, 0.25) is 0 Å². The number of halogens is 3. The number of carbonyl (C=O) groups is 1. The van der Waals surface area contributed by atoms with E-state index >= 15 is 0 Å². The summed E-state index contributed by atoms with van der Waals surface area (Å²) in [6.45, 7) is 1.60. The lowest BCUT2D eigenvalue weighted by molar-refractivity contribution is -0.384. The number of thiazole rings is 1. The molecule has 0 aliphatic carbocycles. The Balaban J connectivity index is 1.84. The van der Waals surface area contributed by atoms with Crippen LogP contribution in [0.3, 0.4) is 0 Å². The number of nitrogens with one attached hydrogen (secondary N) is 2. The first-order chi connectivity index (χ1) is 13.6. The summed E-state index contributed by atoms with van der Waals surface area (Å²) in [6, 6.07) is 9.10. The van der Waals surface area contributed by atoms with Crippen molar-refractivity contribution in [3.05, 3.63) is 58.4 Å². The van der Waals surface area contributed by atoms with Crippen LogP contribution in [-0.4, -0.2) is 27.0 Å². The van der Waals surface area contributed by atoms with E-state index in [1.54, 1.807) is 30.4 Å². The summed E-state index contributed by atoms with van der Waals surface area (Å²) in [5.74, 6) is -1.72. The van der Waals surface area contributed by atoms with E-state index in [9.17, 15) is 28.1 Å². The zero-order valence-corrected chi connectivity index (χ0v) is 15.5. The molecule has 0 fully saturated rings. The van der Waals surface area contributed by atoms with Crippen molar-refractivity contribution in [1.82, 2.24) is 9.97 Å². The molecule has 0 aliphatic rings. The van der Waals surface area contributed by atoms with Crippen LogP contribution in [0.5, 0.6) is 0 Å². The van der Waals surface area contributed by atoms with Gasteiger partial charge in [0.25, 0.3) is 5.69 Å².